The van der Waals surface area contributed by atoms with Crippen molar-refractivity contribution >= 4 is 45.5 Å². The van der Waals surface area contributed by atoms with Crippen molar-refractivity contribution in [3.8, 4) is 17.4 Å². The fraction of sp³-hybridized carbons (Fsp3) is 0.250. The number of para-hydroxylation sites is 1. The van der Waals surface area contributed by atoms with E-state index in [0.29, 0.717) is 59.4 Å². The summed E-state index contributed by atoms with van der Waals surface area (Å²) >= 11 is 0. The lowest BCUT2D eigenvalue weighted by Gasteiger charge is -2.35. The van der Waals surface area contributed by atoms with Gasteiger partial charge in [-0.15, -0.1) is 0 Å². The van der Waals surface area contributed by atoms with Gasteiger partial charge in [-0.3, -0.25) is 14.4 Å². The highest BCUT2D eigenvalue weighted by molar-refractivity contribution is 6.18. The number of amides is 1. The van der Waals surface area contributed by atoms with Crippen LogP contribution < -0.4 is 19.1 Å². The number of pyridine rings is 2. The number of hydrogen-bond donors (Lipinski definition) is 0. The highest BCUT2D eigenvalue weighted by Gasteiger charge is 2.28. The van der Waals surface area contributed by atoms with Gasteiger partial charge in [-0.05, 0) is 12.1 Å². The van der Waals surface area contributed by atoms with Gasteiger partial charge < -0.3 is 24.0 Å². The lowest BCUT2D eigenvalue weighted by molar-refractivity contribution is -0.132. The van der Waals surface area contributed by atoms with E-state index in [1.54, 1.807) is 24.1 Å². The van der Waals surface area contributed by atoms with E-state index in [9.17, 15) is 14.4 Å². The highest BCUT2D eigenvalue weighted by atomic mass is 16.5. The third-order valence-corrected chi connectivity index (χ3v) is 6.26. The molecule has 3 heterocycles. The molecule has 2 aromatic heterocycles. The van der Waals surface area contributed by atoms with Crippen molar-refractivity contribution in [2.24, 2.45) is 0 Å². The number of hydrogen-bond acceptors (Lipinski definition) is 9. The maximum atomic E-state index is 14.1. The molecule has 1 aliphatic rings. The topological polar surface area (TPSA) is 111 Å². The lowest BCUT2D eigenvalue weighted by Crippen LogP contribution is -2.49. The van der Waals surface area contributed by atoms with Crippen molar-refractivity contribution in [3.63, 3.8) is 0 Å². The molecule has 1 saturated heterocycles. The number of anilines is 1. The van der Waals surface area contributed by atoms with Gasteiger partial charge in [-0.2, -0.15) is 4.98 Å². The molecule has 10 nitrogen and oxygen atoms in total. The van der Waals surface area contributed by atoms with Crippen LogP contribution in [0.25, 0.3) is 21.8 Å². The average molecular weight is 515 g/mol. The van der Waals surface area contributed by atoms with Crippen molar-refractivity contribution in [3.05, 3.63) is 60.2 Å². The summed E-state index contributed by atoms with van der Waals surface area (Å²) in [5.41, 5.74) is 1.35. The van der Waals surface area contributed by atoms with E-state index in [1.165, 1.54) is 19.9 Å². The van der Waals surface area contributed by atoms with Crippen LogP contribution in [0.3, 0.4) is 0 Å². The molecule has 0 aliphatic carbocycles. The van der Waals surface area contributed by atoms with E-state index in [4.69, 9.17) is 14.2 Å². The van der Waals surface area contributed by atoms with E-state index >= 15 is 0 Å². The minimum atomic E-state index is -0.572. The first-order chi connectivity index (χ1) is 18.3. The van der Waals surface area contributed by atoms with Crippen LogP contribution >= 0.6 is 0 Å². The van der Waals surface area contributed by atoms with Crippen LogP contribution in [0.15, 0.2) is 54.6 Å². The number of piperazine rings is 1. The number of carbonyl (C=O) groups excluding carboxylic acids is 3. The predicted molar refractivity (Wildman–Crippen MR) is 141 cm³/mol. The number of fused-ring (bicyclic) bond motifs is 2. The fourth-order valence-corrected chi connectivity index (χ4v) is 4.64. The number of benzene rings is 2. The number of methoxy groups -OCH3 is 1. The molecule has 0 spiro atoms. The summed E-state index contributed by atoms with van der Waals surface area (Å²) in [4.78, 5) is 50.8. The second kappa shape index (κ2) is 10.3. The molecule has 1 fully saturated rings. The monoisotopic (exact) mass is 514 g/mol. The van der Waals surface area contributed by atoms with Crippen LogP contribution in [0.5, 0.6) is 17.4 Å². The molecule has 1 aliphatic heterocycles. The third kappa shape index (κ3) is 4.93. The van der Waals surface area contributed by atoms with Crippen LogP contribution in [0.1, 0.15) is 24.2 Å². The summed E-state index contributed by atoms with van der Waals surface area (Å²) in [7, 11) is 1.57. The fourth-order valence-electron chi connectivity index (χ4n) is 4.64. The molecule has 0 saturated carbocycles. The van der Waals surface area contributed by atoms with Crippen molar-refractivity contribution in [2.45, 2.75) is 13.8 Å². The number of nitrogens with zero attached hydrogens (tertiary/aromatic N) is 4. The summed E-state index contributed by atoms with van der Waals surface area (Å²) in [6, 6.07) is 15.9. The van der Waals surface area contributed by atoms with Crippen molar-refractivity contribution in [2.75, 3.05) is 38.2 Å². The van der Waals surface area contributed by atoms with Gasteiger partial charge in [0.1, 0.15) is 17.3 Å². The molecular weight excluding hydrogens is 488 g/mol. The van der Waals surface area contributed by atoms with Crippen LogP contribution in [-0.4, -0.2) is 66.0 Å². The number of rotatable bonds is 5. The van der Waals surface area contributed by atoms with Crippen LogP contribution in [0, 0.1) is 0 Å². The van der Waals surface area contributed by atoms with E-state index in [2.05, 4.69) is 14.9 Å². The lowest BCUT2D eigenvalue weighted by atomic mass is 10.00. The first-order valence-electron chi connectivity index (χ1n) is 12.1. The van der Waals surface area contributed by atoms with Gasteiger partial charge in [-0.25, -0.2) is 4.98 Å². The van der Waals surface area contributed by atoms with Crippen molar-refractivity contribution < 1.29 is 28.6 Å². The Labute approximate surface area is 218 Å². The number of ether oxygens (including phenoxy) is 3. The Kier molecular flexibility index (Phi) is 6.78. The van der Waals surface area contributed by atoms with Crippen LogP contribution in [0.4, 0.5) is 5.82 Å². The molecule has 1 amide bonds. The Morgan fingerprint density at radius 3 is 2.26 bits per heavy atom. The molecule has 4 aromatic rings. The molecule has 0 radical (unpaired) electrons. The minimum absolute atomic E-state index is 0.104. The summed E-state index contributed by atoms with van der Waals surface area (Å²) in [6.45, 7) is 4.64. The molecule has 0 atom stereocenters. The number of carbonyl (C=O) groups is 3. The van der Waals surface area contributed by atoms with Gasteiger partial charge in [0.15, 0.2) is 0 Å². The summed E-state index contributed by atoms with van der Waals surface area (Å²) < 4.78 is 16.0. The van der Waals surface area contributed by atoms with E-state index in [1.807, 2.05) is 36.4 Å². The van der Waals surface area contributed by atoms with E-state index < -0.39 is 11.9 Å². The molecule has 0 bridgehead atoms. The Hall–Kier alpha value is -4.73. The largest absolute Gasteiger partial charge is 0.481 e. The van der Waals surface area contributed by atoms with Gasteiger partial charge in [0, 0.05) is 63.6 Å². The van der Waals surface area contributed by atoms with Gasteiger partial charge in [0.05, 0.1) is 29.1 Å². The molecule has 0 unspecified atom stereocenters. The zero-order valence-electron chi connectivity index (χ0n) is 21.3. The van der Waals surface area contributed by atoms with Gasteiger partial charge >= 0.3 is 11.9 Å². The normalized spacial score (nSPS) is 13.4. The number of aromatic nitrogens is 2. The van der Waals surface area contributed by atoms with E-state index in [0.717, 1.165) is 5.82 Å². The van der Waals surface area contributed by atoms with Gasteiger partial charge in [-0.1, -0.05) is 24.3 Å². The zero-order valence-corrected chi connectivity index (χ0v) is 21.3. The highest BCUT2D eigenvalue weighted by Crippen LogP contribution is 2.37. The SMILES string of the molecule is COc1cccc(N2CCN(C(=O)c3c4ccccc4nc4cc(OC(C)=O)cc(OC(C)=O)c34)CC2)n1. The zero-order chi connectivity index (χ0) is 26.8. The molecule has 5 rings (SSSR count). The molecule has 194 valence electrons. The van der Waals surface area contributed by atoms with Crippen molar-refractivity contribution in [1.29, 1.82) is 0 Å². The second-order valence-electron chi connectivity index (χ2n) is 8.82. The van der Waals surface area contributed by atoms with Crippen molar-refractivity contribution in [1.82, 2.24) is 14.9 Å². The Balaban J connectivity index is 1.56. The summed E-state index contributed by atoms with van der Waals surface area (Å²) in [6.07, 6.45) is 0. The first-order valence-corrected chi connectivity index (χ1v) is 12.1. The Morgan fingerprint density at radius 2 is 1.55 bits per heavy atom. The minimum Gasteiger partial charge on any atom is -0.481 e. The van der Waals surface area contributed by atoms with Gasteiger partial charge in [0.2, 0.25) is 5.88 Å². The quantitative estimate of drug-likeness (QED) is 0.224. The maximum absolute atomic E-state index is 14.1. The predicted octanol–water partition coefficient (Wildman–Crippen LogP) is 3.60. The van der Waals surface area contributed by atoms with Crippen LogP contribution in [-0.2, 0) is 9.59 Å². The smallest absolute Gasteiger partial charge is 0.308 e. The summed E-state index contributed by atoms with van der Waals surface area (Å²) in [5.74, 6) is 0.276. The first kappa shape index (κ1) is 24.9. The molecule has 10 heteroatoms. The Bertz CT molecular complexity index is 1560. The second-order valence-corrected chi connectivity index (χ2v) is 8.82. The average Bonchev–Trinajstić information content (AvgIpc) is 2.91. The third-order valence-electron chi connectivity index (χ3n) is 6.26. The standard InChI is InChI=1S/C28H26N4O6/c1-17(33)37-19-15-22-27(23(16-19)38-18(2)34)26(20-7-4-5-8-21(20)29-22)28(35)32-13-11-31(12-14-32)24-9-6-10-25(30-24)36-3/h4-10,15-16H,11-14H2,1-3H3. The maximum Gasteiger partial charge on any atom is 0.308 e. The molecular formula is C28H26N4O6. The number of esters is 2. The molecule has 0 N–H and O–H groups in total. The van der Waals surface area contributed by atoms with Crippen LogP contribution in [0.2, 0.25) is 0 Å². The van der Waals surface area contributed by atoms with Gasteiger partial charge in [0.25, 0.3) is 5.91 Å². The van der Waals surface area contributed by atoms with E-state index in [-0.39, 0.29) is 17.4 Å². The molecule has 38 heavy (non-hydrogen) atoms. The molecule has 2 aromatic carbocycles. The Morgan fingerprint density at radius 1 is 0.816 bits per heavy atom. The summed E-state index contributed by atoms with van der Waals surface area (Å²) in [5, 5.41) is 1.02.